The highest BCUT2D eigenvalue weighted by molar-refractivity contribution is 4.49. The van der Waals surface area contributed by atoms with Crippen LogP contribution in [0.15, 0.2) is 0 Å². The molecule has 0 aromatic rings. The smallest absolute Gasteiger partial charge is 0.0272 e. The first kappa shape index (κ1) is 7.92. The highest BCUT2D eigenvalue weighted by atomic mass is 14.9. The minimum atomic E-state index is 0.437. The van der Waals surface area contributed by atoms with E-state index < -0.39 is 0 Å². The molecule has 0 aromatic carbocycles. The molecule has 1 N–H and O–H groups in total. The standard InChI is InChI=1S/C6H14N2/c1-6(2)5-8-4-3-7/h6-7H,3-5H2,1-2H3. The maximum atomic E-state index is 6.75. The van der Waals surface area contributed by atoms with Gasteiger partial charge in [-0.3, -0.25) is 5.73 Å². The molecule has 0 rings (SSSR count). The zero-order valence-corrected chi connectivity index (χ0v) is 5.65. The van der Waals surface area contributed by atoms with Crippen LogP contribution in [0.25, 0.3) is 0 Å². The van der Waals surface area contributed by atoms with Gasteiger partial charge in [0.1, 0.15) is 0 Å². The Hall–Kier alpha value is -0.0800. The van der Waals surface area contributed by atoms with E-state index in [2.05, 4.69) is 19.2 Å². The average Bonchev–Trinajstić information content (AvgIpc) is 1.66. The zero-order chi connectivity index (χ0) is 6.41. The number of hydrogen-bond donors (Lipinski definition) is 0. The summed E-state index contributed by atoms with van der Waals surface area (Å²) >= 11 is 0. The van der Waals surface area contributed by atoms with Crippen LogP contribution in [0.2, 0.25) is 0 Å². The molecule has 2 nitrogen and oxygen atoms in total. The minimum absolute atomic E-state index is 0.437. The van der Waals surface area contributed by atoms with Crippen LogP contribution in [0.5, 0.6) is 0 Å². The lowest BCUT2D eigenvalue weighted by Crippen LogP contribution is -2.15. The van der Waals surface area contributed by atoms with Crippen LogP contribution in [0.3, 0.4) is 0 Å². The van der Waals surface area contributed by atoms with Gasteiger partial charge in [0.05, 0.1) is 0 Å². The van der Waals surface area contributed by atoms with E-state index in [1.54, 1.807) is 0 Å². The van der Waals surface area contributed by atoms with Gasteiger partial charge in [0, 0.05) is 19.6 Å². The monoisotopic (exact) mass is 114 g/mol. The van der Waals surface area contributed by atoms with E-state index in [-0.39, 0.29) is 0 Å². The Morgan fingerprint density at radius 3 is 2.50 bits per heavy atom. The molecule has 2 radical (unpaired) electrons. The quantitative estimate of drug-likeness (QED) is 0.478. The Morgan fingerprint density at radius 1 is 1.50 bits per heavy atom. The fraction of sp³-hybridized carbons (Fsp3) is 1.00. The fourth-order valence-electron chi connectivity index (χ4n) is 0.429. The van der Waals surface area contributed by atoms with E-state index in [1.807, 2.05) is 0 Å². The molecule has 0 spiro atoms. The van der Waals surface area contributed by atoms with Gasteiger partial charge >= 0.3 is 0 Å². The molecule has 0 fully saturated rings. The molecule has 0 saturated carbocycles. The molecule has 0 aromatic heterocycles. The molecule has 2 heteroatoms. The maximum Gasteiger partial charge on any atom is 0.0272 e. The second-order valence-corrected chi connectivity index (χ2v) is 2.27. The summed E-state index contributed by atoms with van der Waals surface area (Å²) in [5.41, 5.74) is 6.75. The van der Waals surface area contributed by atoms with Crippen LogP contribution >= 0.6 is 0 Å². The van der Waals surface area contributed by atoms with Crippen molar-refractivity contribution in [2.24, 2.45) is 5.92 Å². The molecule has 0 atom stereocenters. The summed E-state index contributed by atoms with van der Waals surface area (Å²) in [6.07, 6.45) is 0. The summed E-state index contributed by atoms with van der Waals surface area (Å²) in [5.74, 6) is 0.654. The van der Waals surface area contributed by atoms with Crippen molar-refractivity contribution in [2.45, 2.75) is 13.8 Å². The first-order valence-electron chi connectivity index (χ1n) is 3.05. The summed E-state index contributed by atoms with van der Waals surface area (Å²) in [5, 5.41) is 4.10. The van der Waals surface area contributed by atoms with E-state index in [9.17, 15) is 0 Å². The van der Waals surface area contributed by atoms with E-state index in [4.69, 9.17) is 5.73 Å². The molecule has 0 saturated heterocycles. The van der Waals surface area contributed by atoms with Crippen molar-refractivity contribution in [2.75, 3.05) is 19.6 Å². The van der Waals surface area contributed by atoms with Crippen LogP contribution in [0.4, 0.5) is 0 Å². The topological polar surface area (TPSA) is 37.9 Å². The third-order valence-corrected chi connectivity index (χ3v) is 0.764. The van der Waals surface area contributed by atoms with Gasteiger partial charge in [-0.1, -0.05) is 13.8 Å². The summed E-state index contributed by atoms with van der Waals surface area (Å²) in [6, 6.07) is 0. The van der Waals surface area contributed by atoms with Crippen LogP contribution < -0.4 is 11.1 Å². The molecule has 8 heavy (non-hydrogen) atoms. The van der Waals surface area contributed by atoms with Gasteiger partial charge in [-0.25, -0.2) is 5.32 Å². The van der Waals surface area contributed by atoms with E-state index in [0.29, 0.717) is 19.0 Å². The molecular weight excluding hydrogens is 100 g/mol. The van der Waals surface area contributed by atoms with Crippen molar-refractivity contribution in [3.63, 3.8) is 0 Å². The fourth-order valence-corrected chi connectivity index (χ4v) is 0.429. The second kappa shape index (κ2) is 5.06. The molecule has 0 amide bonds. The summed E-state index contributed by atoms with van der Waals surface area (Å²) < 4.78 is 0. The van der Waals surface area contributed by atoms with E-state index in [0.717, 1.165) is 6.54 Å². The van der Waals surface area contributed by atoms with Crippen LogP contribution in [-0.2, 0) is 0 Å². The first-order valence-corrected chi connectivity index (χ1v) is 3.05. The van der Waals surface area contributed by atoms with Gasteiger partial charge < -0.3 is 0 Å². The SMILES string of the molecule is CC(C)C[N]CC[NH]. The third-order valence-electron chi connectivity index (χ3n) is 0.764. The van der Waals surface area contributed by atoms with Crippen molar-refractivity contribution in [3.05, 3.63) is 0 Å². The van der Waals surface area contributed by atoms with Gasteiger partial charge in [0.2, 0.25) is 0 Å². The molecule has 48 valence electrons. The van der Waals surface area contributed by atoms with Gasteiger partial charge in [-0.15, -0.1) is 0 Å². The highest BCUT2D eigenvalue weighted by Crippen LogP contribution is 1.86. The Bertz CT molecular complexity index is 43.8. The van der Waals surface area contributed by atoms with E-state index >= 15 is 0 Å². The lowest BCUT2D eigenvalue weighted by atomic mass is 10.2. The Labute approximate surface area is 51.5 Å². The van der Waals surface area contributed by atoms with Gasteiger partial charge in [0.15, 0.2) is 0 Å². The van der Waals surface area contributed by atoms with Crippen LogP contribution in [0, 0.1) is 5.92 Å². The predicted molar refractivity (Wildman–Crippen MR) is 34.7 cm³/mol. The first-order chi connectivity index (χ1) is 3.77. The minimum Gasteiger partial charge on any atom is -0.256 e. The lowest BCUT2D eigenvalue weighted by molar-refractivity contribution is 0.547. The van der Waals surface area contributed by atoms with Crippen molar-refractivity contribution < 1.29 is 0 Å². The highest BCUT2D eigenvalue weighted by Gasteiger charge is 1.90. The van der Waals surface area contributed by atoms with Crippen LogP contribution in [0.1, 0.15) is 13.8 Å². The second-order valence-electron chi connectivity index (χ2n) is 2.27. The summed E-state index contributed by atoms with van der Waals surface area (Å²) in [4.78, 5) is 0. The average molecular weight is 114 g/mol. The number of nitrogens with one attached hydrogen (secondary N) is 1. The number of hydrogen-bond acceptors (Lipinski definition) is 0. The van der Waals surface area contributed by atoms with Crippen LogP contribution in [-0.4, -0.2) is 19.6 Å². The Morgan fingerprint density at radius 2 is 2.12 bits per heavy atom. The van der Waals surface area contributed by atoms with Crippen molar-refractivity contribution in [1.82, 2.24) is 11.1 Å². The molecule has 0 aliphatic carbocycles. The van der Waals surface area contributed by atoms with Gasteiger partial charge in [0.25, 0.3) is 0 Å². The van der Waals surface area contributed by atoms with E-state index in [1.165, 1.54) is 0 Å². The predicted octanol–water partition coefficient (Wildman–Crippen LogP) is 0.530. The molecular formula is C6H14N2. The normalized spacial score (nSPS) is 10.5. The number of rotatable bonds is 4. The molecule has 0 aliphatic heterocycles. The molecule has 0 unspecified atom stereocenters. The zero-order valence-electron chi connectivity index (χ0n) is 5.65. The molecule has 0 heterocycles. The maximum absolute atomic E-state index is 6.75. The summed E-state index contributed by atoms with van der Waals surface area (Å²) in [6.45, 7) is 6.32. The largest absolute Gasteiger partial charge is 0.256 e. The summed E-state index contributed by atoms with van der Waals surface area (Å²) in [7, 11) is 0. The Balaban J connectivity index is 2.72. The van der Waals surface area contributed by atoms with Gasteiger partial charge in [-0.2, -0.15) is 0 Å². The molecule has 0 aliphatic rings. The number of nitrogens with zero attached hydrogens (tertiary/aromatic N) is 1. The van der Waals surface area contributed by atoms with Crippen molar-refractivity contribution in [3.8, 4) is 0 Å². The van der Waals surface area contributed by atoms with Gasteiger partial charge in [-0.05, 0) is 5.92 Å². The lowest BCUT2D eigenvalue weighted by Gasteiger charge is -2.01. The molecule has 0 bridgehead atoms. The Kier molecular flexibility index (Phi) is 5.01. The van der Waals surface area contributed by atoms with Crippen molar-refractivity contribution in [1.29, 1.82) is 0 Å². The third kappa shape index (κ3) is 5.92. The van der Waals surface area contributed by atoms with Crippen molar-refractivity contribution >= 4 is 0 Å².